The molecule has 2 atom stereocenters. The first-order chi connectivity index (χ1) is 19.5. The van der Waals surface area contributed by atoms with Crippen LogP contribution < -0.4 is 9.64 Å². The molecule has 2 unspecified atom stereocenters. The van der Waals surface area contributed by atoms with Gasteiger partial charge in [-0.25, -0.2) is 14.3 Å². The number of hydrogen-bond acceptors (Lipinski definition) is 8. The molecule has 4 aromatic rings. The average molecular weight is 541 g/mol. The van der Waals surface area contributed by atoms with Crippen LogP contribution in [0, 0.1) is 11.3 Å². The van der Waals surface area contributed by atoms with Crippen LogP contribution in [0.5, 0.6) is 6.01 Å². The lowest BCUT2D eigenvalue weighted by Gasteiger charge is -2.39. The number of likely N-dealkylation sites (tertiary alicyclic amines) is 1. The fourth-order valence-corrected chi connectivity index (χ4v) is 5.79. The van der Waals surface area contributed by atoms with Gasteiger partial charge in [0.25, 0.3) is 0 Å². The molecule has 2 saturated heterocycles. The maximum Gasteiger partial charge on any atom is 0.407 e. The third kappa shape index (κ3) is 5.10. The summed E-state index contributed by atoms with van der Waals surface area (Å²) in [4.78, 5) is 26.9. The van der Waals surface area contributed by atoms with Crippen LogP contribution in [-0.4, -0.2) is 92.5 Å². The summed E-state index contributed by atoms with van der Waals surface area (Å²) in [7, 11) is 2.10. The average Bonchev–Trinajstić information content (AvgIpc) is 3.56. The van der Waals surface area contributed by atoms with Crippen LogP contribution in [0.4, 0.5) is 10.6 Å². The quantitative estimate of drug-likeness (QED) is 0.376. The minimum atomic E-state index is -1.02. The predicted octanol–water partition coefficient (Wildman–Crippen LogP) is 3.42. The highest BCUT2D eigenvalue weighted by molar-refractivity contribution is 5.83. The van der Waals surface area contributed by atoms with E-state index in [9.17, 15) is 15.2 Å². The third-order valence-electron chi connectivity index (χ3n) is 8.03. The summed E-state index contributed by atoms with van der Waals surface area (Å²) < 4.78 is 7.97. The molecule has 6 rings (SSSR count). The van der Waals surface area contributed by atoms with E-state index in [-0.39, 0.29) is 19.0 Å². The first-order valence-electron chi connectivity index (χ1n) is 13.7. The molecule has 11 nitrogen and oxygen atoms in total. The Morgan fingerprint density at radius 3 is 2.77 bits per heavy atom. The van der Waals surface area contributed by atoms with Gasteiger partial charge >= 0.3 is 12.1 Å². The highest BCUT2D eigenvalue weighted by atomic mass is 16.5. The number of benzene rings is 2. The Balaban J connectivity index is 1.35. The number of amides is 1. The van der Waals surface area contributed by atoms with Gasteiger partial charge < -0.3 is 24.5 Å². The van der Waals surface area contributed by atoms with Gasteiger partial charge in [-0.15, -0.1) is 5.10 Å². The van der Waals surface area contributed by atoms with E-state index in [2.05, 4.69) is 48.3 Å². The van der Waals surface area contributed by atoms with Crippen LogP contribution in [0.15, 0.2) is 48.7 Å². The smallest absolute Gasteiger partial charge is 0.407 e. The molecule has 206 valence electrons. The Kier molecular flexibility index (Phi) is 7.09. The van der Waals surface area contributed by atoms with E-state index in [0.29, 0.717) is 43.6 Å². The van der Waals surface area contributed by atoms with Crippen molar-refractivity contribution < 1.29 is 14.6 Å². The second-order valence-electron chi connectivity index (χ2n) is 10.6. The Hall–Kier alpha value is -4.43. The lowest BCUT2D eigenvalue weighted by atomic mass is 10.0. The zero-order valence-electron chi connectivity index (χ0n) is 22.5. The second kappa shape index (κ2) is 11.0. The van der Waals surface area contributed by atoms with Crippen molar-refractivity contribution in [2.24, 2.45) is 0 Å². The molecule has 0 aliphatic carbocycles. The van der Waals surface area contributed by atoms with Gasteiger partial charge in [0.15, 0.2) is 11.5 Å². The summed E-state index contributed by atoms with van der Waals surface area (Å²) in [6.45, 7) is 2.57. The number of hydrogen-bond donors (Lipinski definition) is 1. The third-order valence-corrected chi connectivity index (χ3v) is 8.03. The number of nitriles is 1. The number of carboxylic acid groups (broad SMARTS) is 1. The fraction of sp³-hybridized carbons (Fsp3) is 0.414. The van der Waals surface area contributed by atoms with Crippen LogP contribution in [0.2, 0.25) is 0 Å². The van der Waals surface area contributed by atoms with E-state index in [0.717, 1.165) is 30.6 Å². The molecule has 40 heavy (non-hydrogen) atoms. The van der Waals surface area contributed by atoms with E-state index in [1.807, 2.05) is 23.2 Å². The van der Waals surface area contributed by atoms with Crippen LogP contribution in [-0.2, 0) is 6.42 Å². The number of piperazine rings is 1. The molecule has 0 saturated carbocycles. The summed E-state index contributed by atoms with van der Waals surface area (Å²) in [5.41, 5.74) is 2.62. The molecule has 2 fully saturated rings. The van der Waals surface area contributed by atoms with E-state index in [1.54, 1.807) is 4.52 Å². The standard InChI is InChI=1S/C29H32N8O3/c1-34-12-4-7-24(34)19-40-28-32-27(35-13-14-36(29(38)39)23(18-35)10-11-30)26-31-17-25(37(26)33-28)16-20-8-9-21-5-2-3-6-22(21)15-20/h2-3,5-6,8-9,15,17,23-24H,4,7,10,12-14,16,18-19H2,1H3,(H,38,39). The molecule has 1 amide bonds. The number of nitrogens with zero attached hydrogens (tertiary/aromatic N) is 8. The van der Waals surface area contributed by atoms with Gasteiger partial charge in [0, 0.05) is 32.1 Å². The SMILES string of the molecule is CN1CCCC1COc1nc(N2CCN(C(=O)O)C(CC#N)C2)c2ncc(Cc3ccc4ccccc4c3)n2n1. The van der Waals surface area contributed by atoms with Crippen LogP contribution in [0.25, 0.3) is 16.4 Å². The molecule has 0 bridgehead atoms. The van der Waals surface area contributed by atoms with Crippen LogP contribution in [0.3, 0.4) is 0 Å². The van der Waals surface area contributed by atoms with Crippen LogP contribution in [0.1, 0.15) is 30.5 Å². The minimum Gasteiger partial charge on any atom is -0.465 e. The number of likely N-dealkylation sites (N-methyl/N-ethyl adjacent to an activating group) is 1. The molecule has 2 aromatic carbocycles. The highest BCUT2D eigenvalue weighted by Gasteiger charge is 2.33. The van der Waals surface area contributed by atoms with Crippen molar-refractivity contribution in [3.63, 3.8) is 0 Å². The topological polar surface area (TPSA) is 123 Å². The highest BCUT2D eigenvalue weighted by Crippen LogP contribution is 2.27. The van der Waals surface area contributed by atoms with Gasteiger partial charge in [-0.3, -0.25) is 0 Å². The molecular formula is C29H32N8O3. The molecule has 1 N–H and O–H groups in total. The number of ether oxygens (including phenoxy) is 1. The fourth-order valence-electron chi connectivity index (χ4n) is 5.79. The lowest BCUT2D eigenvalue weighted by Crippen LogP contribution is -2.55. The minimum absolute atomic E-state index is 0.100. The maximum absolute atomic E-state index is 11.8. The van der Waals surface area contributed by atoms with Gasteiger partial charge in [0.1, 0.15) is 6.61 Å². The summed E-state index contributed by atoms with van der Waals surface area (Å²) in [6.07, 6.45) is 3.73. The largest absolute Gasteiger partial charge is 0.465 e. The summed E-state index contributed by atoms with van der Waals surface area (Å²) in [6, 6.07) is 16.9. The monoisotopic (exact) mass is 540 g/mol. The molecule has 0 spiro atoms. The molecule has 2 aliphatic heterocycles. The van der Waals surface area contributed by atoms with Crippen molar-refractivity contribution in [2.45, 2.75) is 37.8 Å². The van der Waals surface area contributed by atoms with E-state index in [1.165, 1.54) is 15.7 Å². The van der Waals surface area contributed by atoms with Crippen molar-refractivity contribution >= 4 is 28.3 Å². The van der Waals surface area contributed by atoms with Crippen molar-refractivity contribution in [3.8, 4) is 12.1 Å². The Morgan fingerprint density at radius 1 is 1.15 bits per heavy atom. The lowest BCUT2D eigenvalue weighted by molar-refractivity contribution is 0.119. The molecular weight excluding hydrogens is 508 g/mol. The van der Waals surface area contributed by atoms with Crippen LogP contribution >= 0.6 is 0 Å². The van der Waals surface area contributed by atoms with Crippen molar-refractivity contribution in [3.05, 3.63) is 59.9 Å². The van der Waals surface area contributed by atoms with Crippen molar-refractivity contribution in [2.75, 3.05) is 44.7 Å². The number of rotatable bonds is 7. The Labute approximate surface area is 232 Å². The Morgan fingerprint density at radius 2 is 2.00 bits per heavy atom. The molecule has 11 heteroatoms. The molecule has 2 aliphatic rings. The summed E-state index contributed by atoms with van der Waals surface area (Å²) >= 11 is 0. The number of aromatic nitrogens is 4. The van der Waals surface area contributed by atoms with E-state index < -0.39 is 12.1 Å². The number of imidazole rings is 1. The van der Waals surface area contributed by atoms with E-state index >= 15 is 0 Å². The first kappa shape index (κ1) is 25.8. The number of carbonyl (C=O) groups is 1. The summed E-state index contributed by atoms with van der Waals surface area (Å²) in [5, 5.41) is 26.1. The second-order valence-corrected chi connectivity index (χ2v) is 10.6. The predicted molar refractivity (Wildman–Crippen MR) is 150 cm³/mol. The van der Waals surface area contributed by atoms with Gasteiger partial charge in [-0.1, -0.05) is 42.5 Å². The molecule has 0 radical (unpaired) electrons. The van der Waals surface area contributed by atoms with Gasteiger partial charge in [-0.05, 0) is 42.8 Å². The molecule has 2 aromatic heterocycles. The van der Waals surface area contributed by atoms with E-state index in [4.69, 9.17) is 19.8 Å². The number of anilines is 1. The zero-order valence-corrected chi connectivity index (χ0v) is 22.5. The van der Waals surface area contributed by atoms with Crippen molar-refractivity contribution in [1.82, 2.24) is 29.4 Å². The number of fused-ring (bicyclic) bond motifs is 2. The zero-order chi connectivity index (χ0) is 27.6. The molecule has 4 heterocycles. The Bertz CT molecular complexity index is 1580. The van der Waals surface area contributed by atoms with Gasteiger partial charge in [0.05, 0.1) is 30.4 Å². The summed E-state index contributed by atoms with van der Waals surface area (Å²) in [5.74, 6) is 0.586. The first-order valence-corrected chi connectivity index (χ1v) is 13.7. The van der Waals surface area contributed by atoms with Crippen molar-refractivity contribution in [1.29, 1.82) is 5.26 Å². The normalized spacial score (nSPS) is 19.8. The maximum atomic E-state index is 11.8. The van der Waals surface area contributed by atoms with Gasteiger partial charge in [-0.2, -0.15) is 10.2 Å². The van der Waals surface area contributed by atoms with Gasteiger partial charge in [0.2, 0.25) is 0 Å².